The number of carbonyl (C=O) groups excluding carboxylic acids is 2. The molecule has 6 nitrogen and oxygen atoms in total. The molecule has 0 heterocycles. The second-order valence-electron chi connectivity index (χ2n) is 4.80. The second kappa shape index (κ2) is 9.29. The fourth-order valence-corrected chi connectivity index (χ4v) is 2.59. The molecule has 0 saturated heterocycles. The minimum absolute atomic E-state index is 0.173. The Morgan fingerprint density at radius 1 is 1.12 bits per heavy atom. The van der Waals surface area contributed by atoms with Gasteiger partial charge in [-0.2, -0.15) is 0 Å². The van der Waals surface area contributed by atoms with Gasteiger partial charge in [-0.25, -0.2) is 4.79 Å². The Morgan fingerprint density at radius 3 is 2.64 bits per heavy atom. The number of anilines is 1. The van der Waals surface area contributed by atoms with E-state index in [-0.39, 0.29) is 19.1 Å². The number of nitrogens with one attached hydrogen (secondary N) is 1. The van der Waals surface area contributed by atoms with Crippen LogP contribution in [0.5, 0.6) is 11.5 Å². The van der Waals surface area contributed by atoms with Crippen molar-refractivity contribution in [2.75, 3.05) is 25.6 Å². The molecular weight excluding hydrogens is 414 g/mol. The van der Waals surface area contributed by atoms with Gasteiger partial charge in [-0.3, -0.25) is 4.79 Å². The summed E-state index contributed by atoms with van der Waals surface area (Å²) in [6.45, 7) is -0.380. The fraction of sp³-hybridized carbons (Fsp3) is 0.176. The first kappa shape index (κ1) is 19.1. The standard InChI is InChI=1S/C17H15BrClNO5/c1-23-17(22)10-24-13-4-2-3-12(8-13)20-16(21)9-25-15-6-5-11(19)7-14(15)18/h2-8H,9-10H2,1H3,(H,20,21). The van der Waals surface area contributed by atoms with Gasteiger partial charge < -0.3 is 19.5 Å². The number of amides is 1. The van der Waals surface area contributed by atoms with Crippen LogP contribution in [-0.4, -0.2) is 32.2 Å². The molecule has 0 bridgehead atoms. The lowest BCUT2D eigenvalue weighted by atomic mass is 10.3. The number of ether oxygens (including phenoxy) is 3. The largest absolute Gasteiger partial charge is 0.483 e. The molecule has 0 saturated carbocycles. The zero-order chi connectivity index (χ0) is 18.2. The van der Waals surface area contributed by atoms with Crippen LogP contribution in [-0.2, 0) is 14.3 Å². The van der Waals surface area contributed by atoms with Crippen LogP contribution in [0.3, 0.4) is 0 Å². The van der Waals surface area contributed by atoms with Gasteiger partial charge >= 0.3 is 5.97 Å². The SMILES string of the molecule is COC(=O)COc1cccc(NC(=O)COc2ccc(Cl)cc2Br)c1. The summed E-state index contributed by atoms with van der Waals surface area (Å²) in [6.07, 6.45) is 0. The number of halogens is 2. The van der Waals surface area contributed by atoms with E-state index < -0.39 is 5.97 Å². The molecule has 0 unspecified atom stereocenters. The summed E-state index contributed by atoms with van der Waals surface area (Å²) < 4.78 is 15.9. The van der Waals surface area contributed by atoms with Crippen molar-refractivity contribution in [3.8, 4) is 11.5 Å². The van der Waals surface area contributed by atoms with E-state index in [1.165, 1.54) is 7.11 Å². The van der Waals surface area contributed by atoms with Crippen molar-refractivity contribution in [3.63, 3.8) is 0 Å². The van der Waals surface area contributed by atoms with Gasteiger partial charge in [-0.05, 0) is 46.3 Å². The third kappa shape index (κ3) is 6.28. The molecule has 0 fully saturated rings. The maximum Gasteiger partial charge on any atom is 0.343 e. The van der Waals surface area contributed by atoms with Crippen molar-refractivity contribution in [2.24, 2.45) is 0 Å². The maximum atomic E-state index is 12.0. The zero-order valence-corrected chi connectivity index (χ0v) is 15.6. The third-order valence-electron chi connectivity index (χ3n) is 2.95. The number of esters is 1. The third-order valence-corrected chi connectivity index (χ3v) is 3.81. The predicted molar refractivity (Wildman–Crippen MR) is 97.2 cm³/mol. The molecule has 25 heavy (non-hydrogen) atoms. The van der Waals surface area contributed by atoms with E-state index in [9.17, 15) is 9.59 Å². The molecule has 0 aromatic heterocycles. The first-order valence-electron chi connectivity index (χ1n) is 7.15. The number of hydrogen-bond acceptors (Lipinski definition) is 5. The van der Waals surface area contributed by atoms with Crippen molar-refractivity contribution < 1.29 is 23.8 Å². The van der Waals surface area contributed by atoms with E-state index in [1.54, 1.807) is 42.5 Å². The van der Waals surface area contributed by atoms with Crippen LogP contribution >= 0.6 is 27.5 Å². The summed E-state index contributed by atoms with van der Waals surface area (Å²) in [5, 5.41) is 3.25. The topological polar surface area (TPSA) is 73.9 Å². The first-order chi connectivity index (χ1) is 12.0. The quantitative estimate of drug-likeness (QED) is 0.681. The smallest absolute Gasteiger partial charge is 0.343 e. The molecule has 2 aromatic carbocycles. The monoisotopic (exact) mass is 427 g/mol. The van der Waals surface area contributed by atoms with Crippen LogP contribution < -0.4 is 14.8 Å². The molecule has 0 radical (unpaired) electrons. The van der Waals surface area contributed by atoms with E-state index in [0.29, 0.717) is 26.7 Å². The molecule has 0 spiro atoms. The van der Waals surface area contributed by atoms with Crippen LogP contribution in [0.25, 0.3) is 0 Å². The molecule has 0 aliphatic rings. The lowest BCUT2D eigenvalue weighted by molar-refractivity contribution is -0.142. The zero-order valence-electron chi connectivity index (χ0n) is 13.3. The number of rotatable bonds is 7. The number of benzene rings is 2. The van der Waals surface area contributed by atoms with E-state index in [4.69, 9.17) is 21.1 Å². The summed E-state index contributed by atoms with van der Waals surface area (Å²) in [5.74, 6) is 0.114. The Labute approximate surface area is 158 Å². The number of hydrogen-bond donors (Lipinski definition) is 1. The number of methoxy groups -OCH3 is 1. The highest BCUT2D eigenvalue weighted by Crippen LogP contribution is 2.28. The predicted octanol–water partition coefficient (Wildman–Crippen LogP) is 3.67. The summed E-state index contributed by atoms with van der Waals surface area (Å²) in [4.78, 5) is 23.1. The van der Waals surface area contributed by atoms with Crippen molar-refractivity contribution in [2.45, 2.75) is 0 Å². The van der Waals surface area contributed by atoms with Crippen molar-refractivity contribution in [1.82, 2.24) is 0 Å². The molecule has 8 heteroatoms. The Bertz CT molecular complexity index is 768. The van der Waals surface area contributed by atoms with E-state index in [0.717, 1.165) is 0 Å². The van der Waals surface area contributed by atoms with Gasteiger partial charge in [0.25, 0.3) is 5.91 Å². The van der Waals surface area contributed by atoms with Crippen LogP contribution in [0.1, 0.15) is 0 Å². The molecule has 1 N–H and O–H groups in total. The fourth-order valence-electron chi connectivity index (χ4n) is 1.80. The summed E-state index contributed by atoms with van der Waals surface area (Å²) >= 11 is 9.16. The van der Waals surface area contributed by atoms with E-state index in [2.05, 4.69) is 26.0 Å². The minimum Gasteiger partial charge on any atom is -0.483 e. The van der Waals surface area contributed by atoms with Gasteiger partial charge in [0.2, 0.25) is 0 Å². The van der Waals surface area contributed by atoms with Crippen molar-refractivity contribution in [3.05, 3.63) is 52.0 Å². The van der Waals surface area contributed by atoms with Gasteiger partial charge in [-0.1, -0.05) is 17.7 Å². The lowest BCUT2D eigenvalue weighted by Crippen LogP contribution is -2.20. The molecule has 2 rings (SSSR count). The van der Waals surface area contributed by atoms with Crippen molar-refractivity contribution in [1.29, 1.82) is 0 Å². The van der Waals surface area contributed by atoms with Crippen LogP contribution in [0.2, 0.25) is 5.02 Å². The Balaban J connectivity index is 1.88. The van der Waals surface area contributed by atoms with Gasteiger partial charge in [0, 0.05) is 16.8 Å². The Kier molecular flexibility index (Phi) is 7.09. The van der Waals surface area contributed by atoms with Crippen LogP contribution in [0, 0.1) is 0 Å². The van der Waals surface area contributed by atoms with Gasteiger partial charge in [0.1, 0.15) is 11.5 Å². The van der Waals surface area contributed by atoms with E-state index >= 15 is 0 Å². The van der Waals surface area contributed by atoms with Gasteiger partial charge in [0.05, 0.1) is 11.6 Å². The summed E-state index contributed by atoms with van der Waals surface area (Å²) in [5.41, 5.74) is 0.520. The molecular formula is C17H15BrClNO5. The van der Waals surface area contributed by atoms with Gasteiger partial charge in [0.15, 0.2) is 13.2 Å². The maximum absolute atomic E-state index is 12.0. The average molecular weight is 429 g/mol. The molecule has 0 aliphatic heterocycles. The highest BCUT2D eigenvalue weighted by molar-refractivity contribution is 9.10. The minimum atomic E-state index is -0.489. The highest BCUT2D eigenvalue weighted by atomic mass is 79.9. The summed E-state index contributed by atoms with van der Waals surface area (Å²) in [7, 11) is 1.28. The molecule has 2 aromatic rings. The normalized spacial score (nSPS) is 10.0. The molecule has 1 amide bonds. The Morgan fingerprint density at radius 2 is 1.92 bits per heavy atom. The van der Waals surface area contributed by atoms with Gasteiger partial charge in [-0.15, -0.1) is 0 Å². The molecule has 0 atom stereocenters. The van der Waals surface area contributed by atoms with Crippen LogP contribution in [0.15, 0.2) is 46.9 Å². The first-order valence-corrected chi connectivity index (χ1v) is 8.32. The molecule has 0 aliphatic carbocycles. The number of carbonyl (C=O) groups is 2. The Hall–Kier alpha value is -2.25. The van der Waals surface area contributed by atoms with Crippen molar-refractivity contribution >= 4 is 45.1 Å². The lowest BCUT2D eigenvalue weighted by Gasteiger charge is -2.10. The highest BCUT2D eigenvalue weighted by Gasteiger charge is 2.08. The van der Waals surface area contributed by atoms with Crippen LogP contribution in [0.4, 0.5) is 5.69 Å². The second-order valence-corrected chi connectivity index (χ2v) is 6.10. The average Bonchev–Trinajstić information content (AvgIpc) is 2.59. The summed E-state index contributed by atoms with van der Waals surface area (Å²) in [6, 6.07) is 11.7. The molecule has 132 valence electrons. The van der Waals surface area contributed by atoms with E-state index in [1.807, 2.05) is 0 Å².